The molecule has 4 nitrogen and oxygen atoms in total. The molecule has 4 heteroatoms. The molecule has 1 aromatic carbocycles. The van der Waals surface area contributed by atoms with Gasteiger partial charge in [0.05, 0.1) is 28.4 Å². The largest absolute Gasteiger partial charge is 0.493 e. The number of aliphatic hydroxyl groups excluding tert-OH is 1. The SMILES string of the molecule is [2H]C([2H])([2H])Oc1cc2c(cc1OC([2H])([2H])[2H])[C@H]1C[C@@H](O)[C@H](CC(C)C)CN1CC2. The van der Waals surface area contributed by atoms with Gasteiger partial charge in [0.15, 0.2) is 11.5 Å². The molecule has 128 valence electrons. The van der Waals surface area contributed by atoms with Crippen LogP contribution in [0.15, 0.2) is 12.1 Å². The van der Waals surface area contributed by atoms with Gasteiger partial charge in [0, 0.05) is 19.1 Å². The fourth-order valence-electron chi connectivity index (χ4n) is 4.10. The third-order valence-corrected chi connectivity index (χ3v) is 5.15. The molecule has 0 saturated carbocycles. The van der Waals surface area contributed by atoms with Crippen molar-refractivity contribution in [3.05, 3.63) is 23.3 Å². The maximum absolute atomic E-state index is 10.7. The van der Waals surface area contributed by atoms with Crippen LogP contribution in [0.3, 0.4) is 0 Å². The van der Waals surface area contributed by atoms with E-state index in [0.717, 1.165) is 30.6 Å². The highest BCUT2D eigenvalue weighted by Gasteiger charge is 2.38. The highest BCUT2D eigenvalue weighted by atomic mass is 16.5. The van der Waals surface area contributed by atoms with Crippen LogP contribution in [0.4, 0.5) is 0 Å². The van der Waals surface area contributed by atoms with Crippen LogP contribution in [-0.2, 0) is 6.42 Å². The Bertz CT molecular complexity index is 734. The van der Waals surface area contributed by atoms with Gasteiger partial charge in [0.25, 0.3) is 0 Å². The van der Waals surface area contributed by atoms with Gasteiger partial charge >= 0.3 is 0 Å². The second kappa shape index (κ2) is 6.70. The van der Waals surface area contributed by atoms with Gasteiger partial charge in [0.2, 0.25) is 0 Å². The summed E-state index contributed by atoms with van der Waals surface area (Å²) in [5, 5.41) is 10.7. The van der Waals surface area contributed by atoms with E-state index >= 15 is 0 Å². The van der Waals surface area contributed by atoms with Crippen molar-refractivity contribution in [3.8, 4) is 11.5 Å². The summed E-state index contributed by atoms with van der Waals surface area (Å²) in [6, 6.07) is 3.10. The third-order valence-electron chi connectivity index (χ3n) is 5.15. The Hall–Kier alpha value is -1.26. The topological polar surface area (TPSA) is 41.9 Å². The first-order valence-electron chi connectivity index (χ1n) is 11.3. The third kappa shape index (κ3) is 3.20. The Kier molecular flexibility index (Phi) is 3.08. The van der Waals surface area contributed by atoms with Gasteiger partial charge in [-0.2, -0.15) is 0 Å². The van der Waals surface area contributed by atoms with Crippen molar-refractivity contribution in [2.75, 3.05) is 27.2 Å². The van der Waals surface area contributed by atoms with Crippen LogP contribution in [0.1, 0.15) is 52.1 Å². The monoisotopic (exact) mass is 325 g/mol. The summed E-state index contributed by atoms with van der Waals surface area (Å²) >= 11 is 0. The number of fused-ring (bicyclic) bond motifs is 3. The average molecular weight is 325 g/mol. The van der Waals surface area contributed by atoms with Crippen LogP contribution in [0.25, 0.3) is 0 Å². The predicted octanol–water partition coefficient (Wildman–Crippen LogP) is 3.03. The highest BCUT2D eigenvalue weighted by molar-refractivity contribution is 5.49. The van der Waals surface area contributed by atoms with Gasteiger partial charge in [-0.1, -0.05) is 13.8 Å². The molecule has 0 spiro atoms. The molecule has 0 bridgehead atoms. The summed E-state index contributed by atoms with van der Waals surface area (Å²) in [5.74, 6) is 0.508. The van der Waals surface area contributed by atoms with Gasteiger partial charge < -0.3 is 14.6 Å². The van der Waals surface area contributed by atoms with E-state index in [-0.39, 0.29) is 23.5 Å². The molecule has 1 saturated heterocycles. The first-order chi connectivity index (χ1) is 13.3. The van der Waals surface area contributed by atoms with Crippen LogP contribution >= 0.6 is 0 Å². The molecule has 23 heavy (non-hydrogen) atoms. The zero-order chi connectivity index (χ0) is 21.6. The van der Waals surface area contributed by atoms with Gasteiger partial charge in [-0.15, -0.1) is 0 Å². The fourth-order valence-corrected chi connectivity index (χ4v) is 4.10. The molecule has 1 aromatic rings. The maximum atomic E-state index is 10.7. The molecule has 0 amide bonds. The number of piperidine rings is 1. The summed E-state index contributed by atoms with van der Waals surface area (Å²) in [6.07, 6.45) is 1.77. The standard InChI is InChI=1S/C19H29NO3/c1-12(2)7-14-11-20-6-5-13-8-18(22-3)19(23-4)9-15(13)16(20)10-17(14)21/h8-9,12,14,16-17,21H,5-7,10-11H2,1-4H3/t14-,16-,17-/m1/s1/i3D3,4D3. The lowest BCUT2D eigenvalue weighted by Gasteiger charge is -2.46. The molecule has 2 aliphatic rings. The lowest BCUT2D eigenvalue weighted by molar-refractivity contribution is -0.0191. The van der Waals surface area contributed by atoms with Gasteiger partial charge in [-0.25, -0.2) is 0 Å². The van der Waals surface area contributed by atoms with Gasteiger partial charge in [0.1, 0.15) is 0 Å². The summed E-state index contributed by atoms with van der Waals surface area (Å²) < 4.78 is 54.4. The first kappa shape index (κ1) is 10.6. The van der Waals surface area contributed by atoms with Crippen molar-refractivity contribution in [1.29, 1.82) is 0 Å². The highest BCUT2D eigenvalue weighted by Crippen LogP contribution is 2.43. The normalized spacial score (nSPS) is 32.4. The minimum atomic E-state index is -2.73. The number of nitrogens with zero attached hydrogens (tertiary/aromatic N) is 1. The lowest BCUT2D eigenvalue weighted by Crippen LogP contribution is -2.48. The van der Waals surface area contributed by atoms with Crippen LogP contribution in [0.2, 0.25) is 0 Å². The van der Waals surface area contributed by atoms with Crippen LogP contribution < -0.4 is 9.47 Å². The van der Waals surface area contributed by atoms with Crippen LogP contribution in [0, 0.1) is 11.8 Å². The van der Waals surface area contributed by atoms with E-state index in [2.05, 4.69) is 18.7 Å². The van der Waals surface area contributed by atoms with Crippen molar-refractivity contribution in [2.24, 2.45) is 11.8 Å². The predicted molar refractivity (Wildman–Crippen MR) is 91.1 cm³/mol. The van der Waals surface area contributed by atoms with Crippen molar-refractivity contribution in [2.45, 2.75) is 45.3 Å². The molecule has 0 unspecified atom stereocenters. The molecular formula is C19H29NO3. The summed E-state index contributed by atoms with van der Waals surface area (Å²) in [4.78, 5) is 2.32. The van der Waals surface area contributed by atoms with E-state index in [9.17, 15) is 5.11 Å². The molecule has 1 fully saturated rings. The van der Waals surface area contributed by atoms with Gasteiger partial charge in [-0.3, -0.25) is 4.90 Å². The molecule has 0 radical (unpaired) electrons. The second-order valence-electron chi connectivity index (χ2n) is 7.16. The van der Waals surface area contributed by atoms with Gasteiger partial charge in [-0.05, 0) is 54.4 Å². The van der Waals surface area contributed by atoms with E-state index < -0.39 is 20.2 Å². The molecule has 0 aliphatic carbocycles. The Morgan fingerprint density at radius 1 is 1.30 bits per heavy atom. The minimum Gasteiger partial charge on any atom is -0.493 e. The summed E-state index contributed by atoms with van der Waals surface area (Å²) in [6.45, 7) is 5.88. The molecule has 2 heterocycles. The summed E-state index contributed by atoms with van der Waals surface area (Å²) in [7, 11) is -5.45. The number of ether oxygens (including phenoxy) is 2. The molecule has 3 atom stereocenters. The number of hydrogen-bond donors (Lipinski definition) is 1. The van der Waals surface area contributed by atoms with E-state index in [1.54, 1.807) is 12.1 Å². The number of hydrogen-bond acceptors (Lipinski definition) is 4. The summed E-state index contributed by atoms with van der Waals surface area (Å²) in [5.41, 5.74) is 1.77. The van der Waals surface area contributed by atoms with Crippen molar-refractivity contribution < 1.29 is 22.8 Å². The van der Waals surface area contributed by atoms with E-state index in [1.165, 1.54) is 0 Å². The fraction of sp³-hybridized carbons (Fsp3) is 0.684. The van der Waals surface area contributed by atoms with Crippen molar-refractivity contribution in [1.82, 2.24) is 4.90 Å². The quantitative estimate of drug-likeness (QED) is 0.924. The average Bonchev–Trinajstić information content (AvgIpc) is 2.53. The minimum absolute atomic E-state index is 0.0575. The van der Waals surface area contributed by atoms with E-state index in [4.69, 9.17) is 17.7 Å². The molecule has 1 N–H and O–H groups in total. The smallest absolute Gasteiger partial charge is 0.161 e. The molecule has 2 aliphatic heterocycles. The lowest BCUT2D eigenvalue weighted by atomic mass is 9.79. The number of benzene rings is 1. The van der Waals surface area contributed by atoms with Crippen molar-refractivity contribution in [3.63, 3.8) is 0 Å². The van der Waals surface area contributed by atoms with E-state index in [0.29, 0.717) is 18.8 Å². The Morgan fingerprint density at radius 2 is 2.04 bits per heavy atom. The Morgan fingerprint density at radius 3 is 2.74 bits per heavy atom. The van der Waals surface area contributed by atoms with E-state index in [1.807, 2.05) is 0 Å². The zero-order valence-electron chi connectivity index (χ0n) is 19.7. The zero-order valence-corrected chi connectivity index (χ0v) is 13.7. The Labute approximate surface area is 147 Å². The number of methoxy groups -OCH3 is 2. The molecular weight excluding hydrogens is 290 g/mol. The number of rotatable bonds is 4. The van der Waals surface area contributed by atoms with Crippen molar-refractivity contribution >= 4 is 0 Å². The van der Waals surface area contributed by atoms with Crippen LogP contribution in [-0.4, -0.2) is 43.3 Å². The first-order valence-corrected chi connectivity index (χ1v) is 8.29. The second-order valence-corrected chi connectivity index (χ2v) is 7.16. The number of aliphatic hydroxyl groups is 1. The molecule has 0 aromatic heterocycles. The maximum Gasteiger partial charge on any atom is 0.161 e. The molecule has 3 rings (SSSR count). The van der Waals surface area contributed by atoms with Crippen LogP contribution in [0.5, 0.6) is 11.5 Å². The Balaban J connectivity index is 1.94.